The lowest BCUT2D eigenvalue weighted by Gasteiger charge is -2.45. The Labute approximate surface area is 205 Å². The zero-order valence-corrected chi connectivity index (χ0v) is 27.6. The van der Waals surface area contributed by atoms with E-state index in [4.69, 9.17) is 28.4 Å². The van der Waals surface area contributed by atoms with Gasteiger partial charge in [0.2, 0.25) is 11.6 Å². The fourth-order valence-electron chi connectivity index (χ4n) is 2.88. The molecule has 2 unspecified atom stereocenters. The summed E-state index contributed by atoms with van der Waals surface area (Å²) in [6, 6.07) is 0. The van der Waals surface area contributed by atoms with E-state index in [1.54, 1.807) is 41.2 Å². The van der Waals surface area contributed by atoms with Gasteiger partial charge in [-0.05, 0) is 96.6 Å². The van der Waals surface area contributed by atoms with Gasteiger partial charge in [-0.2, -0.15) is 0 Å². The molecule has 0 rings (SSSR count). The second-order valence-electron chi connectivity index (χ2n) is 6.68. The van der Waals surface area contributed by atoms with Crippen molar-refractivity contribution >= 4 is 61.7 Å². The fraction of sp³-hybridized carbons (Fsp3) is 1.00. The van der Waals surface area contributed by atoms with Gasteiger partial charge in [0.25, 0.3) is 0 Å². The summed E-state index contributed by atoms with van der Waals surface area (Å²) in [5.41, 5.74) is 0. The van der Waals surface area contributed by atoms with Gasteiger partial charge in [-0.15, -0.1) is 0 Å². The van der Waals surface area contributed by atoms with Crippen molar-refractivity contribution < 1.29 is 28.4 Å². The molecule has 0 aromatic carbocycles. The van der Waals surface area contributed by atoms with Gasteiger partial charge in [0.1, 0.15) is 0 Å². The molecule has 0 aromatic heterocycles. The standard InChI is InChI=1S/C18H42O6S4Si2/c1-9-19-15(7,20-10-2)17(29,23-13-5)25-27-28-26-18(30,24-14-6)16(8,21-11-3)22-12-4/h9-14H2,1-8,29-30H3. The highest BCUT2D eigenvalue weighted by Gasteiger charge is 2.51. The van der Waals surface area contributed by atoms with Gasteiger partial charge in [-0.3, -0.25) is 0 Å². The second-order valence-corrected chi connectivity index (χ2v) is 17.4. The van der Waals surface area contributed by atoms with Crippen LogP contribution in [0.25, 0.3) is 0 Å². The van der Waals surface area contributed by atoms with E-state index in [1.807, 2.05) is 55.4 Å². The highest BCUT2D eigenvalue weighted by Crippen LogP contribution is 2.56. The Kier molecular flexibility index (Phi) is 16.3. The maximum Gasteiger partial charge on any atom is 0.200 e. The van der Waals surface area contributed by atoms with Crippen molar-refractivity contribution in [2.24, 2.45) is 0 Å². The van der Waals surface area contributed by atoms with Crippen LogP contribution in [0, 0.1) is 0 Å². The van der Waals surface area contributed by atoms with E-state index in [2.05, 4.69) is 0 Å². The van der Waals surface area contributed by atoms with E-state index in [0.717, 1.165) is 20.5 Å². The van der Waals surface area contributed by atoms with E-state index in [-0.39, 0.29) is 0 Å². The third-order valence-electron chi connectivity index (χ3n) is 4.58. The minimum Gasteiger partial charge on any atom is -0.363 e. The maximum atomic E-state index is 6.18. The second kappa shape index (κ2) is 15.5. The molecule has 0 spiro atoms. The lowest BCUT2D eigenvalue weighted by Crippen LogP contribution is -2.56. The molecule has 12 heteroatoms. The van der Waals surface area contributed by atoms with Crippen LogP contribution in [-0.2, 0) is 28.4 Å². The molecule has 0 aliphatic carbocycles. The van der Waals surface area contributed by atoms with E-state index in [0.29, 0.717) is 39.6 Å². The first-order valence-corrected chi connectivity index (χ1v) is 17.4. The topological polar surface area (TPSA) is 55.4 Å². The molecule has 30 heavy (non-hydrogen) atoms. The first-order valence-electron chi connectivity index (χ1n) is 10.6. The van der Waals surface area contributed by atoms with Gasteiger partial charge in [-0.25, -0.2) is 0 Å². The van der Waals surface area contributed by atoms with Crippen molar-refractivity contribution in [3.8, 4) is 0 Å². The Morgan fingerprint density at radius 1 is 0.500 bits per heavy atom. The zero-order chi connectivity index (χ0) is 23.3. The van der Waals surface area contributed by atoms with E-state index < -0.39 is 20.7 Å². The molecule has 0 fully saturated rings. The first-order chi connectivity index (χ1) is 14.1. The molecule has 0 radical (unpaired) electrons. The van der Waals surface area contributed by atoms with Crippen LogP contribution < -0.4 is 0 Å². The zero-order valence-electron chi connectivity index (χ0n) is 20.3. The average molecular weight is 539 g/mol. The molecule has 0 saturated carbocycles. The van der Waals surface area contributed by atoms with Crippen molar-refractivity contribution in [3.63, 3.8) is 0 Å². The summed E-state index contributed by atoms with van der Waals surface area (Å²) in [6.07, 6.45) is 0. The summed E-state index contributed by atoms with van der Waals surface area (Å²) in [7, 11) is 8.12. The van der Waals surface area contributed by atoms with Crippen LogP contribution >= 0.6 is 41.2 Å². The SMILES string of the molecule is CCOC(C)(OCC)C([SiH3])(OCC)SSSSC([SiH3])(OCC)C(C)(OCC)OCC. The summed E-state index contributed by atoms with van der Waals surface area (Å²) in [6.45, 7) is 19.3. The highest BCUT2D eigenvalue weighted by atomic mass is 33.7. The van der Waals surface area contributed by atoms with Crippen molar-refractivity contribution in [3.05, 3.63) is 0 Å². The smallest absolute Gasteiger partial charge is 0.200 e. The van der Waals surface area contributed by atoms with Gasteiger partial charge in [-0.1, -0.05) is 0 Å². The van der Waals surface area contributed by atoms with Crippen LogP contribution in [-0.4, -0.2) is 80.8 Å². The van der Waals surface area contributed by atoms with E-state index in [9.17, 15) is 0 Å². The van der Waals surface area contributed by atoms with Crippen molar-refractivity contribution in [2.75, 3.05) is 39.6 Å². The molecule has 0 saturated heterocycles. The first kappa shape index (κ1) is 31.6. The number of hydrogen-bond donors (Lipinski definition) is 0. The summed E-state index contributed by atoms with van der Waals surface area (Å²) in [4.78, 5) is 0. The third kappa shape index (κ3) is 8.75. The summed E-state index contributed by atoms with van der Waals surface area (Å²) >= 11 is 0. The van der Waals surface area contributed by atoms with E-state index in [1.165, 1.54) is 0 Å². The minimum atomic E-state index is -0.801. The Morgan fingerprint density at radius 2 is 0.733 bits per heavy atom. The Hall–Kier alpha value is 1.59. The molecule has 0 N–H and O–H groups in total. The lowest BCUT2D eigenvalue weighted by atomic mass is 10.3. The van der Waals surface area contributed by atoms with Crippen LogP contribution in [0.15, 0.2) is 0 Å². The van der Waals surface area contributed by atoms with Gasteiger partial charge in [0, 0.05) is 39.6 Å². The predicted molar refractivity (Wildman–Crippen MR) is 142 cm³/mol. The van der Waals surface area contributed by atoms with Gasteiger partial charge in [0.05, 0.1) is 20.5 Å². The third-order valence-corrected chi connectivity index (χ3v) is 17.5. The van der Waals surface area contributed by atoms with Crippen molar-refractivity contribution in [1.29, 1.82) is 0 Å². The van der Waals surface area contributed by atoms with Crippen LogP contribution in [0.1, 0.15) is 55.4 Å². The number of hydrogen-bond acceptors (Lipinski definition) is 10. The minimum absolute atomic E-state index is 0.547. The fourth-order valence-corrected chi connectivity index (χ4v) is 15.4. The van der Waals surface area contributed by atoms with Gasteiger partial charge in [0.15, 0.2) is 9.11 Å². The van der Waals surface area contributed by atoms with Gasteiger partial charge >= 0.3 is 0 Å². The normalized spacial score (nSPS) is 17.2. The van der Waals surface area contributed by atoms with Crippen LogP contribution in [0.4, 0.5) is 0 Å². The largest absolute Gasteiger partial charge is 0.363 e. The van der Waals surface area contributed by atoms with Crippen LogP contribution in [0.5, 0.6) is 0 Å². The lowest BCUT2D eigenvalue weighted by molar-refractivity contribution is -0.268. The van der Waals surface area contributed by atoms with Gasteiger partial charge < -0.3 is 28.4 Å². The van der Waals surface area contributed by atoms with Crippen LogP contribution in [0.2, 0.25) is 0 Å². The Balaban J connectivity index is 5.32. The number of rotatable bonds is 19. The molecule has 0 heterocycles. The van der Waals surface area contributed by atoms with Crippen molar-refractivity contribution in [1.82, 2.24) is 0 Å². The summed E-state index contributed by atoms with van der Waals surface area (Å²) < 4.78 is 35.4. The Bertz CT molecular complexity index is 416. The Morgan fingerprint density at radius 3 is 0.933 bits per heavy atom. The maximum absolute atomic E-state index is 6.18. The highest BCUT2D eigenvalue weighted by molar-refractivity contribution is 9.26. The molecule has 2 atom stereocenters. The van der Waals surface area contributed by atoms with Crippen LogP contribution in [0.3, 0.4) is 0 Å². The molecule has 0 aliphatic rings. The molecule has 0 bridgehead atoms. The molecule has 0 aromatic rings. The number of ether oxygens (including phenoxy) is 6. The quantitative estimate of drug-likeness (QED) is 0.106. The summed E-state index contributed by atoms with van der Waals surface area (Å²) in [5, 5.41) is 0. The predicted octanol–water partition coefficient (Wildman–Crippen LogP) is 3.35. The molecular formula is C18H42O6S4Si2. The molecular weight excluding hydrogens is 497 g/mol. The summed E-state index contributed by atoms with van der Waals surface area (Å²) in [5.74, 6) is -1.60. The molecule has 0 amide bonds. The van der Waals surface area contributed by atoms with Crippen molar-refractivity contribution in [2.45, 2.75) is 76.1 Å². The average Bonchev–Trinajstić information content (AvgIpc) is 2.66. The molecule has 0 aliphatic heterocycles. The monoisotopic (exact) mass is 538 g/mol. The molecule has 6 nitrogen and oxygen atoms in total. The van der Waals surface area contributed by atoms with E-state index >= 15 is 0 Å². The molecule has 182 valence electrons.